The van der Waals surface area contributed by atoms with E-state index in [1.54, 1.807) is 6.92 Å². The van der Waals surface area contributed by atoms with Gasteiger partial charge in [0.05, 0.1) is 19.1 Å². The predicted molar refractivity (Wildman–Crippen MR) is 57.4 cm³/mol. The fourth-order valence-corrected chi connectivity index (χ4v) is 1.45. The molecule has 0 fully saturated rings. The average Bonchev–Trinajstić information content (AvgIpc) is 2.18. The van der Waals surface area contributed by atoms with Gasteiger partial charge in [0.25, 0.3) is 0 Å². The summed E-state index contributed by atoms with van der Waals surface area (Å²) in [5, 5.41) is 9.80. The van der Waals surface area contributed by atoms with E-state index in [-0.39, 0.29) is 12.4 Å². The maximum atomic E-state index is 11.2. The van der Waals surface area contributed by atoms with E-state index in [0.717, 1.165) is 11.1 Å². The van der Waals surface area contributed by atoms with Gasteiger partial charge < -0.3 is 9.84 Å². The Morgan fingerprint density at radius 1 is 1.47 bits per heavy atom. The number of carbonyl (C=O) groups excluding carboxylic acids is 1. The van der Waals surface area contributed by atoms with Crippen molar-refractivity contribution in [2.75, 3.05) is 6.61 Å². The van der Waals surface area contributed by atoms with Gasteiger partial charge in [0, 0.05) is 0 Å². The van der Waals surface area contributed by atoms with E-state index in [1.807, 2.05) is 31.2 Å². The Morgan fingerprint density at radius 3 is 2.73 bits per heavy atom. The van der Waals surface area contributed by atoms with Crippen molar-refractivity contribution >= 4 is 5.97 Å². The van der Waals surface area contributed by atoms with Crippen LogP contribution in [0.4, 0.5) is 0 Å². The van der Waals surface area contributed by atoms with Gasteiger partial charge >= 0.3 is 5.97 Å². The van der Waals surface area contributed by atoms with E-state index in [9.17, 15) is 9.90 Å². The molecule has 0 spiro atoms. The second kappa shape index (κ2) is 5.51. The smallest absolute Gasteiger partial charge is 0.308 e. The molecule has 3 nitrogen and oxygen atoms in total. The minimum Gasteiger partial charge on any atom is -0.466 e. The fraction of sp³-hybridized carbons (Fsp3) is 0.417. The molecule has 0 saturated heterocycles. The van der Waals surface area contributed by atoms with E-state index in [2.05, 4.69) is 0 Å². The highest BCUT2D eigenvalue weighted by molar-refractivity contribution is 5.70. The van der Waals surface area contributed by atoms with Gasteiger partial charge in [-0.3, -0.25) is 4.79 Å². The molecule has 0 amide bonds. The minimum atomic E-state index is -0.773. The van der Waals surface area contributed by atoms with Crippen molar-refractivity contribution in [1.29, 1.82) is 0 Å². The number of carbonyl (C=O) groups is 1. The molecule has 0 aliphatic carbocycles. The van der Waals surface area contributed by atoms with Crippen LogP contribution >= 0.6 is 0 Å². The molecule has 0 heterocycles. The monoisotopic (exact) mass is 208 g/mol. The van der Waals surface area contributed by atoms with Crippen molar-refractivity contribution in [2.24, 2.45) is 0 Å². The van der Waals surface area contributed by atoms with Crippen LogP contribution in [0, 0.1) is 6.92 Å². The largest absolute Gasteiger partial charge is 0.466 e. The standard InChI is InChI=1S/C12H16O3/c1-3-15-12(14)8-11(13)10-7-5-4-6-9(10)2/h4-7,11,13H,3,8H2,1-2H3. The van der Waals surface area contributed by atoms with Crippen LogP contribution in [0.5, 0.6) is 0 Å². The lowest BCUT2D eigenvalue weighted by Crippen LogP contribution is -2.10. The number of aliphatic hydroxyl groups excluding tert-OH is 1. The molecule has 0 saturated carbocycles. The van der Waals surface area contributed by atoms with Gasteiger partial charge in [-0.15, -0.1) is 0 Å². The topological polar surface area (TPSA) is 46.5 Å². The summed E-state index contributed by atoms with van der Waals surface area (Å²) in [6, 6.07) is 7.47. The lowest BCUT2D eigenvalue weighted by Gasteiger charge is -2.12. The number of aliphatic hydroxyl groups is 1. The highest BCUT2D eigenvalue weighted by Crippen LogP contribution is 2.20. The van der Waals surface area contributed by atoms with Crippen molar-refractivity contribution in [3.8, 4) is 0 Å². The molecule has 0 radical (unpaired) electrons. The summed E-state index contributed by atoms with van der Waals surface area (Å²) < 4.78 is 4.77. The lowest BCUT2D eigenvalue weighted by molar-refractivity contribution is -0.145. The van der Waals surface area contributed by atoms with E-state index >= 15 is 0 Å². The molecule has 1 N–H and O–H groups in total. The first-order valence-corrected chi connectivity index (χ1v) is 5.04. The molecule has 1 aromatic carbocycles. The van der Waals surface area contributed by atoms with Crippen LogP contribution in [0.25, 0.3) is 0 Å². The van der Waals surface area contributed by atoms with Crippen LogP contribution in [-0.2, 0) is 9.53 Å². The first kappa shape index (κ1) is 11.7. The van der Waals surface area contributed by atoms with Crippen LogP contribution in [0.1, 0.15) is 30.6 Å². The first-order valence-electron chi connectivity index (χ1n) is 5.04. The molecule has 82 valence electrons. The number of rotatable bonds is 4. The second-order valence-electron chi connectivity index (χ2n) is 3.38. The Hall–Kier alpha value is -1.35. The number of aryl methyl sites for hydroxylation is 1. The molecule has 15 heavy (non-hydrogen) atoms. The SMILES string of the molecule is CCOC(=O)CC(O)c1ccccc1C. The van der Waals surface area contributed by atoms with E-state index in [0.29, 0.717) is 6.61 Å². The van der Waals surface area contributed by atoms with Gasteiger partial charge in [-0.2, -0.15) is 0 Å². The van der Waals surface area contributed by atoms with Gasteiger partial charge in [-0.1, -0.05) is 24.3 Å². The van der Waals surface area contributed by atoms with Crippen molar-refractivity contribution in [3.63, 3.8) is 0 Å². The van der Waals surface area contributed by atoms with Gasteiger partial charge in [0.1, 0.15) is 0 Å². The van der Waals surface area contributed by atoms with E-state index in [4.69, 9.17) is 4.74 Å². The van der Waals surface area contributed by atoms with Crippen molar-refractivity contribution in [3.05, 3.63) is 35.4 Å². The van der Waals surface area contributed by atoms with Crippen molar-refractivity contribution < 1.29 is 14.6 Å². The quantitative estimate of drug-likeness (QED) is 0.769. The third-order valence-electron chi connectivity index (χ3n) is 2.21. The van der Waals surface area contributed by atoms with Gasteiger partial charge in [-0.05, 0) is 25.0 Å². The molecule has 0 aliphatic heterocycles. The van der Waals surface area contributed by atoms with Gasteiger partial charge in [-0.25, -0.2) is 0 Å². The zero-order valence-corrected chi connectivity index (χ0v) is 9.06. The number of benzene rings is 1. The molecule has 0 aliphatic rings. The summed E-state index contributed by atoms with van der Waals surface area (Å²) in [5.41, 5.74) is 1.76. The highest BCUT2D eigenvalue weighted by atomic mass is 16.5. The van der Waals surface area contributed by atoms with Crippen molar-refractivity contribution in [1.82, 2.24) is 0 Å². The molecule has 1 unspecified atom stereocenters. The molecular formula is C12H16O3. The Bertz CT molecular complexity index is 333. The summed E-state index contributed by atoms with van der Waals surface area (Å²) >= 11 is 0. The molecule has 1 aromatic rings. The van der Waals surface area contributed by atoms with Gasteiger partial charge in [0.2, 0.25) is 0 Å². The zero-order chi connectivity index (χ0) is 11.3. The Kier molecular flexibility index (Phi) is 4.31. The summed E-state index contributed by atoms with van der Waals surface area (Å²) in [7, 11) is 0. The van der Waals surface area contributed by atoms with Crippen molar-refractivity contribution in [2.45, 2.75) is 26.4 Å². The third kappa shape index (κ3) is 3.36. The average molecular weight is 208 g/mol. The van der Waals surface area contributed by atoms with Crippen LogP contribution in [-0.4, -0.2) is 17.7 Å². The Balaban J connectivity index is 2.65. The summed E-state index contributed by atoms with van der Waals surface area (Å²) in [5.74, 6) is -0.367. The van der Waals surface area contributed by atoms with E-state index < -0.39 is 6.10 Å². The fourth-order valence-electron chi connectivity index (χ4n) is 1.45. The Labute approximate surface area is 89.7 Å². The minimum absolute atomic E-state index is 0.0126. The first-order chi connectivity index (χ1) is 7.15. The zero-order valence-electron chi connectivity index (χ0n) is 9.06. The summed E-state index contributed by atoms with van der Waals surface area (Å²) in [6.07, 6.45) is -0.760. The highest BCUT2D eigenvalue weighted by Gasteiger charge is 2.14. The normalized spacial score (nSPS) is 12.2. The molecule has 0 bridgehead atoms. The van der Waals surface area contributed by atoms with E-state index in [1.165, 1.54) is 0 Å². The number of hydrogen-bond donors (Lipinski definition) is 1. The van der Waals surface area contributed by atoms with Crippen LogP contribution in [0.2, 0.25) is 0 Å². The number of ether oxygens (including phenoxy) is 1. The second-order valence-corrected chi connectivity index (χ2v) is 3.38. The Morgan fingerprint density at radius 2 is 2.13 bits per heavy atom. The molecule has 0 aromatic heterocycles. The third-order valence-corrected chi connectivity index (χ3v) is 2.21. The maximum Gasteiger partial charge on any atom is 0.308 e. The summed E-state index contributed by atoms with van der Waals surface area (Å²) in [6.45, 7) is 4.00. The van der Waals surface area contributed by atoms with Crippen LogP contribution in [0.3, 0.4) is 0 Å². The number of hydrogen-bond acceptors (Lipinski definition) is 3. The lowest BCUT2D eigenvalue weighted by atomic mass is 10.0. The van der Waals surface area contributed by atoms with Crippen LogP contribution < -0.4 is 0 Å². The maximum absolute atomic E-state index is 11.2. The molecular weight excluding hydrogens is 192 g/mol. The molecule has 1 atom stereocenters. The predicted octanol–water partition coefficient (Wildman–Crippen LogP) is 1.98. The molecule has 3 heteroatoms. The van der Waals surface area contributed by atoms with Gasteiger partial charge in [0.15, 0.2) is 0 Å². The molecule has 1 rings (SSSR count). The summed E-state index contributed by atoms with van der Waals surface area (Å²) in [4.78, 5) is 11.2. The number of esters is 1. The van der Waals surface area contributed by atoms with Crippen LogP contribution in [0.15, 0.2) is 24.3 Å².